The monoisotopic (exact) mass is 432 g/mol. The van der Waals surface area contributed by atoms with E-state index in [4.69, 9.17) is 4.74 Å². The summed E-state index contributed by atoms with van der Waals surface area (Å²) in [6, 6.07) is 16.4. The predicted molar refractivity (Wildman–Crippen MR) is 116 cm³/mol. The minimum Gasteiger partial charge on any atom is -0.619 e. The van der Waals surface area contributed by atoms with Gasteiger partial charge in [-0.05, 0) is 17.2 Å². The van der Waals surface area contributed by atoms with Crippen molar-refractivity contribution < 1.29 is 19.1 Å². The topological polar surface area (TPSA) is 89.7 Å². The molecule has 0 spiro atoms. The van der Waals surface area contributed by atoms with Crippen LogP contribution in [0.4, 0.5) is 0 Å². The Morgan fingerprint density at radius 2 is 1.81 bits per heavy atom. The van der Waals surface area contributed by atoms with Gasteiger partial charge in [0.15, 0.2) is 12.4 Å². The summed E-state index contributed by atoms with van der Waals surface area (Å²) in [6.07, 6.45) is 5.59. The lowest BCUT2D eigenvalue weighted by Gasteiger charge is -2.25. The first kappa shape index (κ1) is 21.5. The molecular weight excluding hydrogens is 408 g/mol. The van der Waals surface area contributed by atoms with Crippen LogP contribution in [0.3, 0.4) is 0 Å². The number of amides is 2. The molecule has 1 aliphatic heterocycles. The maximum Gasteiger partial charge on any atom is 0.254 e. The first-order chi connectivity index (χ1) is 15.6. The van der Waals surface area contributed by atoms with Gasteiger partial charge in [-0.15, -0.1) is 0 Å². The molecule has 8 nitrogen and oxygen atoms in total. The van der Waals surface area contributed by atoms with Crippen molar-refractivity contribution in [3.63, 3.8) is 0 Å². The van der Waals surface area contributed by atoms with Crippen molar-refractivity contribution in [2.45, 2.75) is 19.3 Å². The summed E-state index contributed by atoms with van der Waals surface area (Å²) in [5.74, 6) is -0.458. The first-order valence-electron chi connectivity index (χ1n) is 10.4. The Balaban J connectivity index is 1.53. The van der Waals surface area contributed by atoms with E-state index in [0.29, 0.717) is 30.0 Å². The smallest absolute Gasteiger partial charge is 0.254 e. The number of aromatic nitrogens is 2. The van der Waals surface area contributed by atoms with Crippen molar-refractivity contribution in [3.05, 3.63) is 101 Å². The Kier molecular flexibility index (Phi) is 6.72. The van der Waals surface area contributed by atoms with Crippen LogP contribution in [0.15, 0.2) is 79.4 Å². The van der Waals surface area contributed by atoms with Crippen molar-refractivity contribution in [2.24, 2.45) is 0 Å². The number of rotatable bonds is 6. The number of pyridine rings is 2. The number of benzene rings is 1. The average Bonchev–Trinajstić information content (AvgIpc) is 2.98. The Hall–Kier alpha value is -3.78. The van der Waals surface area contributed by atoms with Gasteiger partial charge in [0.1, 0.15) is 6.54 Å². The molecule has 3 heterocycles. The molecule has 0 saturated carbocycles. The lowest BCUT2D eigenvalue weighted by molar-refractivity contribution is -0.605. The van der Waals surface area contributed by atoms with Crippen molar-refractivity contribution in [2.75, 3.05) is 19.6 Å². The Labute approximate surface area is 186 Å². The maximum atomic E-state index is 13.1. The van der Waals surface area contributed by atoms with Gasteiger partial charge in [-0.2, -0.15) is 4.73 Å². The molecule has 2 aromatic heterocycles. The van der Waals surface area contributed by atoms with E-state index >= 15 is 0 Å². The second-order valence-electron chi connectivity index (χ2n) is 7.69. The molecule has 1 saturated heterocycles. The van der Waals surface area contributed by atoms with Gasteiger partial charge in [0.25, 0.3) is 5.91 Å². The molecule has 8 heteroatoms. The Bertz CT molecular complexity index is 1040. The van der Waals surface area contributed by atoms with Crippen LogP contribution < -0.4 is 4.73 Å². The largest absolute Gasteiger partial charge is 0.619 e. The van der Waals surface area contributed by atoms with Crippen LogP contribution >= 0.6 is 0 Å². The fourth-order valence-corrected chi connectivity index (χ4v) is 3.63. The van der Waals surface area contributed by atoms with Crippen LogP contribution in [0.25, 0.3) is 0 Å². The number of hydrogen-bond acceptors (Lipinski definition) is 5. The van der Waals surface area contributed by atoms with Crippen LogP contribution in [0.5, 0.6) is 0 Å². The number of nitrogens with zero attached hydrogens (tertiary/aromatic N) is 4. The van der Waals surface area contributed by atoms with Gasteiger partial charge in [-0.25, -0.2) is 0 Å². The highest BCUT2D eigenvalue weighted by Gasteiger charge is 2.31. The third kappa shape index (κ3) is 5.47. The molecule has 32 heavy (non-hydrogen) atoms. The van der Waals surface area contributed by atoms with Crippen LogP contribution in [-0.2, 0) is 22.7 Å². The fourth-order valence-electron chi connectivity index (χ4n) is 3.63. The molecule has 0 bridgehead atoms. The van der Waals surface area contributed by atoms with Gasteiger partial charge in [0, 0.05) is 44.2 Å². The Morgan fingerprint density at radius 1 is 1.06 bits per heavy atom. The van der Waals surface area contributed by atoms with E-state index in [0.717, 1.165) is 11.1 Å². The summed E-state index contributed by atoms with van der Waals surface area (Å²) in [6.45, 7) is 1.35. The van der Waals surface area contributed by atoms with E-state index in [1.807, 2.05) is 42.5 Å². The standard InChI is InChI=1S/C24H24N4O4/c29-23-17-27(24(30)21-8-11-28(31)12-9-21)16-22(32-18-20-7-4-10-25-13-20)15-26(23)14-19-5-2-1-3-6-19/h1-13,22H,14-18H2. The lowest BCUT2D eigenvalue weighted by atomic mass is 10.2. The molecule has 1 aliphatic rings. The third-order valence-corrected chi connectivity index (χ3v) is 5.29. The van der Waals surface area contributed by atoms with Gasteiger partial charge in [-0.3, -0.25) is 14.6 Å². The van der Waals surface area contributed by atoms with Crippen molar-refractivity contribution in [1.82, 2.24) is 14.8 Å². The van der Waals surface area contributed by atoms with E-state index < -0.39 is 0 Å². The maximum absolute atomic E-state index is 13.1. The fraction of sp³-hybridized carbons (Fsp3) is 0.250. The van der Waals surface area contributed by atoms with Crippen LogP contribution in [0, 0.1) is 5.21 Å². The SMILES string of the molecule is O=C1CN(C(=O)c2cc[n+]([O-])cc2)CC(OCc2cccnc2)CN1Cc1ccccc1. The summed E-state index contributed by atoms with van der Waals surface area (Å²) in [7, 11) is 0. The molecule has 1 unspecified atom stereocenters. The summed E-state index contributed by atoms with van der Waals surface area (Å²) in [4.78, 5) is 33.4. The minimum atomic E-state index is -0.373. The summed E-state index contributed by atoms with van der Waals surface area (Å²) < 4.78 is 6.74. The van der Waals surface area contributed by atoms with E-state index in [1.165, 1.54) is 29.4 Å². The molecule has 0 aliphatic carbocycles. The van der Waals surface area contributed by atoms with Crippen LogP contribution in [0.1, 0.15) is 21.5 Å². The van der Waals surface area contributed by atoms with Gasteiger partial charge >= 0.3 is 0 Å². The van der Waals surface area contributed by atoms with Gasteiger partial charge in [0.2, 0.25) is 5.91 Å². The number of carbonyl (C=O) groups excluding carboxylic acids is 2. The van der Waals surface area contributed by atoms with Gasteiger partial charge < -0.3 is 19.7 Å². The molecule has 4 rings (SSSR count). The molecule has 0 radical (unpaired) electrons. The van der Waals surface area contributed by atoms with Crippen LogP contribution in [-0.4, -0.2) is 52.3 Å². The highest BCUT2D eigenvalue weighted by atomic mass is 16.5. The third-order valence-electron chi connectivity index (χ3n) is 5.29. The second-order valence-corrected chi connectivity index (χ2v) is 7.69. The predicted octanol–water partition coefficient (Wildman–Crippen LogP) is 1.78. The van der Waals surface area contributed by atoms with E-state index in [2.05, 4.69) is 4.98 Å². The minimum absolute atomic E-state index is 0.0509. The molecule has 1 aromatic carbocycles. The van der Waals surface area contributed by atoms with Crippen LogP contribution in [0.2, 0.25) is 0 Å². The molecule has 1 fully saturated rings. The Morgan fingerprint density at radius 3 is 2.53 bits per heavy atom. The van der Waals surface area contributed by atoms with E-state index in [-0.39, 0.29) is 31.0 Å². The zero-order chi connectivity index (χ0) is 22.3. The molecule has 3 aromatic rings. The van der Waals surface area contributed by atoms with E-state index in [9.17, 15) is 14.8 Å². The average molecular weight is 432 g/mol. The highest BCUT2D eigenvalue weighted by Crippen LogP contribution is 2.16. The lowest BCUT2D eigenvalue weighted by Crippen LogP contribution is -2.40. The number of ether oxygens (including phenoxy) is 1. The van der Waals surface area contributed by atoms with Crippen molar-refractivity contribution in [1.29, 1.82) is 0 Å². The summed E-state index contributed by atoms with van der Waals surface area (Å²) in [5, 5.41) is 11.3. The molecule has 164 valence electrons. The van der Waals surface area contributed by atoms with Gasteiger partial charge in [-0.1, -0.05) is 36.4 Å². The molecule has 1 atom stereocenters. The zero-order valence-corrected chi connectivity index (χ0v) is 17.5. The second kappa shape index (κ2) is 10.0. The summed E-state index contributed by atoms with van der Waals surface area (Å²) in [5.41, 5.74) is 2.28. The molecular formula is C24H24N4O4. The quantitative estimate of drug-likeness (QED) is 0.438. The number of hydrogen-bond donors (Lipinski definition) is 0. The zero-order valence-electron chi connectivity index (χ0n) is 17.5. The first-order valence-corrected chi connectivity index (χ1v) is 10.4. The van der Waals surface area contributed by atoms with Crippen molar-refractivity contribution in [3.8, 4) is 0 Å². The summed E-state index contributed by atoms with van der Waals surface area (Å²) >= 11 is 0. The molecule has 0 N–H and O–H groups in total. The number of carbonyl (C=O) groups is 2. The van der Waals surface area contributed by atoms with E-state index in [1.54, 1.807) is 17.3 Å². The normalized spacial score (nSPS) is 16.6. The molecule has 2 amide bonds. The highest BCUT2D eigenvalue weighted by molar-refractivity contribution is 5.96. The van der Waals surface area contributed by atoms with Crippen molar-refractivity contribution >= 4 is 11.8 Å². The van der Waals surface area contributed by atoms with Gasteiger partial charge in [0.05, 0.1) is 18.3 Å².